The molecule has 258 valence electrons. The monoisotopic (exact) mass is 676 g/mol. The summed E-state index contributed by atoms with van der Waals surface area (Å²) < 4.78 is 54.7. The number of hydrogen-bond acceptors (Lipinski definition) is 7. The van der Waals surface area contributed by atoms with Gasteiger partial charge in [-0.3, -0.25) is 0 Å². The van der Waals surface area contributed by atoms with Gasteiger partial charge in [0, 0.05) is 12.0 Å². The fraction of sp³-hybridized carbons (Fsp3) is 0.286. The molecule has 2 heterocycles. The molecule has 2 aliphatic heterocycles. The van der Waals surface area contributed by atoms with E-state index in [-0.39, 0.29) is 32.2 Å². The molecule has 7 rings (SSSR count). The van der Waals surface area contributed by atoms with Crippen molar-refractivity contribution < 1.29 is 37.9 Å². The first-order chi connectivity index (χ1) is 24.5. The molecule has 0 amide bonds. The maximum atomic E-state index is 15.5. The highest BCUT2D eigenvalue weighted by molar-refractivity contribution is 5.37. The average Bonchev–Trinajstić information content (AvgIpc) is 3.53. The van der Waals surface area contributed by atoms with E-state index < -0.39 is 36.3 Å². The second-order valence-electron chi connectivity index (χ2n) is 12.8. The molecule has 1 N–H and O–H groups in total. The van der Waals surface area contributed by atoms with E-state index in [1.54, 1.807) is 19.2 Å². The number of aliphatic hydroxyl groups excluding tert-OH is 1. The summed E-state index contributed by atoms with van der Waals surface area (Å²) in [5.74, 6) is -1.18. The van der Waals surface area contributed by atoms with Crippen LogP contribution in [0.3, 0.4) is 0 Å². The smallest absolute Gasteiger partial charge is 0.225 e. The molecule has 7 nitrogen and oxygen atoms in total. The molecule has 2 fully saturated rings. The van der Waals surface area contributed by atoms with Crippen molar-refractivity contribution in [2.45, 2.75) is 55.9 Å². The minimum absolute atomic E-state index is 0.00450. The normalized spacial score (nSPS) is 24.3. The minimum atomic E-state index is -1.55. The SMILES string of the molecule is COc1ccc(Cc2cc(C34OCC(CO)(O3)[C@H](OCc3ccccc3)[C@H](OCc3ccccc3)C4OCc3ccccc3)ccc2F)cc1. The Morgan fingerprint density at radius 2 is 1.24 bits per heavy atom. The number of methoxy groups -OCH3 is 1. The fourth-order valence-corrected chi connectivity index (χ4v) is 6.82. The van der Waals surface area contributed by atoms with Gasteiger partial charge in [-0.05, 0) is 52.1 Å². The first-order valence-corrected chi connectivity index (χ1v) is 16.9. The summed E-state index contributed by atoms with van der Waals surface area (Å²) in [7, 11) is 1.61. The van der Waals surface area contributed by atoms with E-state index in [0.717, 1.165) is 28.0 Å². The Hall–Kier alpha value is -4.41. The van der Waals surface area contributed by atoms with E-state index in [1.807, 2.05) is 115 Å². The summed E-state index contributed by atoms with van der Waals surface area (Å²) in [6.07, 6.45) is -2.10. The number of halogens is 1. The summed E-state index contributed by atoms with van der Waals surface area (Å²) in [6, 6.07) is 41.9. The predicted octanol–water partition coefficient (Wildman–Crippen LogP) is 7.13. The van der Waals surface area contributed by atoms with E-state index in [4.69, 9.17) is 28.4 Å². The number of ether oxygens (including phenoxy) is 6. The van der Waals surface area contributed by atoms with Gasteiger partial charge in [-0.2, -0.15) is 0 Å². The van der Waals surface area contributed by atoms with Crippen LogP contribution >= 0.6 is 0 Å². The zero-order valence-corrected chi connectivity index (χ0v) is 28.0. The molecule has 0 spiro atoms. The Kier molecular flexibility index (Phi) is 10.4. The third-order valence-corrected chi connectivity index (χ3v) is 9.48. The van der Waals surface area contributed by atoms with Crippen LogP contribution < -0.4 is 4.74 Å². The van der Waals surface area contributed by atoms with E-state index >= 15 is 4.39 Å². The van der Waals surface area contributed by atoms with Gasteiger partial charge in [-0.25, -0.2) is 4.39 Å². The molecule has 50 heavy (non-hydrogen) atoms. The lowest BCUT2D eigenvalue weighted by Crippen LogP contribution is -2.67. The van der Waals surface area contributed by atoms with Gasteiger partial charge in [0.15, 0.2) is 0 Å². The van der Waals surface area contributed by atoms with Gasteiger partial charge in [0.25, 0.3) is 0 Å². The number of aliphatic hydroxyl groups is 1. The van der Waals surface area contributed by atoms with Gasteiger partial charge in [0.05, 0.1) is 40.1 Å². The first-order valence-electron chi connectivity index (χ1n) is 16.9. The lowest BCUT2D eigenvalue weighted by molar-refractivity contribution is -0.353. The van der Waals surface area contributed by atoms with E-state index in [1.165, 1.54) is 6.07 Å². The minimum Gasteiger partial charge on any atom is -0.497 e. The van der Waals surface area contributed by atoms with Crippen LogP contribution in [0.4, 0.5) is 4.39 Å². The van der Waals surface area contributed by atoms with Gasteiger partial charge in [-0.1, -0.05) is 109 Å². The number of fused-ring (bicyclic) bond motifs is 2. The number of hydrogen-bond donors (Lipinski definition) is 1. The maximum absolute atomic E-state index is 15.5. The van der Waals surface area contributed by atoms with Crippen LogP contribution in [0.5, 0.6) is 5.75 Å². The van der Waals surface area contributed by atoms with Crippen LogP contribution in [0.1, 0.15) is 33.4 Å². The van der Waals surface area contributed by atoms with E-state index in [2.05, 4.69) is 0 Å². The van der Waals surface area contributed by atoms with E-state index in [0.29, 0.717) is 17.5 Å². The van der Waals surface area contributed by atoms with Crippen LogP contribution in [-0.4, -0.2) is 49.3 Å². The Bertz CT molecular complexity index is 1820. The molecule has 2 aliphatic rings. The first kappa shape index (κ1) is 34.1. The largest absolute Gasteiger partial charge is 0.497 e. The molecule has 5 aromatic carbocycles. The summed E-state index contributed by atoms with van der Waals surface area (Å²) in [5, 5.41) is 11.1. The molecule has 0 saturated carbocycles. The molecular weight excluding hydrogens is 635 g/mol. The highest BCUT2D eigenvalue weighted by Gasteiger charge is 2.69. The second-order valence-corrected chi connectivity index (χ2v) is 12.8. The van der Waals surface area contributed by atoms with Crippen LogP contribution in [0.2, 0.25) is 0 Å². The maximum Gasteiger partial charge on any atom is 0.225 e. The van der Waals surface area contributed by atoms with Crippen molar-refractivity contribution in [3.8, 4) is 5.75 Å². The quantitative estimate of drug-likeness (QED) is 0.134. The van der Waals surface area contributed by atoms with Crippen LogP contribution in [0.15, 0.2) is 133 Å². The zero-order valence-electron chi connectivity index (χ0n) is 28.0. The van der Waals surface area contributed by atoms with Gasteiger partial charge < -0.3 is 33.5 Å². The van der Waals surface area contributed by atoms with Crippen molar-refractivity contribution in [2.24, 2.45) is 0 Å². The Balaban J connectivity index is 1.30. The van der Waals surface area contributed by atoms with Crippen LogP contribution in [0.25, 0.3) is 0 Å². The Morgan fingerprint density at radius 3 is 1.80 bits per heavy atom. The molecule has 8 heteroatoms. The molecule has 0 radical (unpaired) electrons. The molecule has 5 aromatic rings. The standard InChI is InChI=1S/C42H41FO7/c1-45-36-20-17-30(18-21-36)23-34-24-35(19-22-37(34)43)42-40(48-27-33-15-9-4-10-16-33)38(46-25-31-11-5-2-6-12-31)39(41(28-44,50-42)29-49-42)47-26-32-13-7-3-8-14-32/h2-22,24,38-40,44H,23,25-29H2,1H3/t38-,39+,40?,41?,42?/m0/s1. The average molecular weight is 677 g/mol. The lowest BCUT2D eigenvalue weighted by atomic mass is 9.82. The van der Waals surface area contributed by atoms with Crippen molar-refractivity contribution in [2.75, 3.05) is 20.3 Å². The summed E-state index contributed by atoms with van der Waals surface area (Å²) in [4.78, 5) is 0. The van der Waals surface area contributed by atoms with Crippen molar-refractivity contribution in [3.63, 3.8) is 0 Å². The zero-order chi connectivity index (χ0) is 34.4. The predicted molar refractivity (Wildman–Crippen MR) is 186 cm³/mol. The Labute approximate surface area is 292 Å². The van der Waals surface area contributed by atoms with Crippen molar-refractivity contribution in [1.82, 2.24) is 0 Å². The van der Waals surface area contributed by atoms with Crippen LogP contribution in [0, 0.1) is 5.82 Å². The molecule has 2 bridgehead atoms. The number of benzene rings is 5. The van der Waals surface area contributed by atoms with Gasteiger partial charge in [0.1, 0.15) is 35.5 Å². The number of rotatable bonds is 14. The third kappa shape index (κ3) is 7.09. The fourth-order valence-electron chi connectivity index (χ4n) is 6.82. The van der Waals surface area contributed by atoms with Crippen molar-refractivity contribution in [3.05, 3.63) is 173 Å². The molecule has 0 aromatic heterocycles. The molecule has 0 aliphatic carbocycles. The highest BCUT2D eigenvalue weighted by atomic mass is 19.1. The molecule has 3 unspecified atom stereocenters. The summed E-state index contributed by atoms with van der Waals surface area (Å²) >= 11 is 0. The molecule has 2 saturated heterocycles. The second kappa shape index (κ2) is 15.2. The van der Waals surface area contributed by atoms with Gasteiger partial charge in [-0.15, -0.1) is 0 Å². The topological polar surface area (TPSA) is 75.6 Å². The van der Waals surface area contributed by atoms with Gasteiger partial charge >= 0.3 is 0 Å². The highest BCUT2D eigenvalue weighted by Crippen LogP contribution is 2.53. The van der Waals surface area contributed by atoms with Gasteiger partial charge in [0.2, 0.25) is 5.79 Å². The third-order valence-electron chi connectivity index (χ3n) is 9.48. The van der Waals surface area contributed by atoms with Crippen molar-refractivity contribution >= 4 is 0 Å². The Morgan fingerprint density at radius 1 is 0.680 bits per heavy atom. The van der Waals surface area contributed by atoms with E-state index in [9.17, 15) is 5.11 Å². The summed E-state index contributed by atoms with van der Waals surface area (Å²) in [6.45, 7) is 0.340. The molecular formula is C42H41FO7. The molecule has 5 atom stereocenters. The van der Waals surface area contributed by atoms with Crippen LogP contribution in [-0.2, 0) is 55.7 Å². The lowest BCUT2D eigenvalue weighted by Gasteiger charge is -2.50. The summed E-state index contributed by atoms with van der Waals surface area (Å²) in [5.41, 5.74) is 3.51. The van der Waals surface area contributed by atoms with Crippen molar-refractivity contribution in [1.29, 1.82) is 0 Å².